The molecule has 1 aliphatic rings. The minimum Gasteiger partial charge on any atom is -0.329 e. The van der Waals surface area contributed by atoms with Crippen LogP contribution >= 0.6 is 15.9 Å². The van der Waals surface area contributed by atoms with Gasteiger partial charge in [-0.3, -0.25) is 4.90 Å². The molecule has 0 aliphatic heterocycles. The zero-order chi connectivity index (χ0) is 13.9. The highest BCUT2D eigenvalue weighted by Crippen LogP contribution is 2.36. The molecule has 1 fully saturated rings. The SMILES string of the molecule is CC1CCCC(CN)(N(C)Cc2ccc(Br)cc2)C1. The molecular weight excluding hydrogens is 300 g/mol. The van der Waals surface area contributed by atoms with Crippen molar-refractivity contribution in [1.82, 2.24) is 4.90 Å². The zero-order valence-electron chi connectivity index (χ0n) is 12.0. The molecule has 0 bridgehead atoms. The van der Waals surface area contributed by atoms with Crippen molar-refractivity contribution in [2.24, 2.45) is 11.7 Å². The maximum atomic E-state index is 6.13. The van der Waals surface area contributed by atoms with Crippen molar-refractivity contribution >= 4 is 15.9 Å². The van der Waals surface area contributed by atoms with E-state index in [-0.39, 0.29) is 5.54 Å². The average molecular weight is 325 g/mol. The molecule has 1 aliphatic carbocycles. The first-order valence-corrected chi connectivity index (χ1v) is 8.01. The van der Waals surface area contributed by atoms with Gasteiger partial charge in [-0.2, -0.15) is 0 Å². The fourth-order valence-corrected chi connectivity index (χ4v) is 3.62. The summed E-state index contributed by atoms with van der Waals surface area (Å²) in [6, 6.07) is 8.61. The standard InChI is InChI=1S/C16H25BrN2/c1-13-4-3-9-16(10-13,12-18)19(2)11-14-5-7-15(17)8-6-14/h5-8,13H,3-4,9-12,18H2,1-2H3. The second-order valence-corrected chi connectivity index (χ2v) is 7.03. The highest BCUT2D eigenvalue weighted by atomic mass is 79.9. The fourth-order valence-electron chi connectivity index (χ4n) is 3.35. The summed E-state index contributed by atoms with van der Waals surface area (Å²) in [6.07, 6.45) is 5.13. The minimum absolute atomic E-state index is 0.199. The van der Waals surface area contributed by atoms with Crippen LogP contribution in [0.1, 0.15) is 38.2 Å². The number of nitrogens with zero attached hydrogens (tertiary/aromatic N) is 1. The van der Waals surface area contributed by atoms with Gasteiger partial charge in [0.25, 0.3) is 0 Å². The van der Waals surface area contributed by atoms with E-state index in [2.05, 4.69) is 59.1 Å². The van der Waals surface area contributed by atoms with Crippen LogP contribution in [0.15, 0.2) is 28.7 Å². The van der Waals surface area contributed by atoms with Crippen molar-refractivity contribution in [3.8, 4) is 0 Å². The Balaban J connectivity index is 2.08. The third-order valence-corrected chi connectivity index (χ3v) is 5.12. The number of nitrogens with two attached hydrogens (primary N) is 1. The molecule has 0 radical (unpaired) electrons. The number of rotatable bonds is 4. The molecule has 0 spiro atoms. The van der Waals surface area contributed by atoms with Gasteiger partial charge in [0.2, 0.25) is 0 Å². The highest BCUT2D eigenvalue weighted by Gasteiger charge is 2.37. The Morgan fingerprint density at radius 2 is 2.05 bits per heavy atom. The van der Waals surface area contributed by atoms with Crippen LogP contribution in [-0.4, -0.2) is 24.0 Å². The van der Waals surface area contributed by atoms with Gasteiger partial charge < -0.3 is 5.73 Å². The molecule has 3 heteroatoms. The molecule has 2 unspecified atom stereocenters. The monoisotopic (exact) mass is 324 g/mol. The lowest BCUT2D eigenvalue weighted by Crippen LogP contribution is -2.54. The van der Waals surface area contributed by atoms with E-state index in [0.717, 1.165) is 23.5 Å². The summed E-state index contributed by atoms with van der Waals surface area (Å²) in [6.45, 7) is 4.11. The Hall–Kier alpha value is -0.380. The Labute approximate surface area is 125 Å². The van der Waals surface area contributed by atoms with Crippen molar-refractivity contribution in [2.45, 2.75) is 44.7 Å². The molecule has 19 heavy (non-hydrogen) atoms. The van der Waals surface area contributed by atoms with Gasteiger partial charge >= 0.3 is 0 Å². The van der Waals surface area contributed by atoms with E-state index in [1.54, 1.807) is 0 Å². The number of benzene rings is 1. The third-order valence-electron chi connectivity index (χ3n) is 4.59. The number of halogens is 1. The van der Waals surface area contributed by atoms with Gasteiger partial charge in [-0.15, -0.1) is 0 Å². The van der Waals surface area contributed by atoms with Crippen molar-refractivity contribution in [3.63, 3.8) is 0 Å². The van der Waals surface area contributed by atoms with E-state index in [9.17, 15) is 0 Å². The maximum Gasteiger partial charge on any atom is 0.0334 e. The normalized spacial score (nSPS) is 27.7. The molecule has 0 amide bonds. The van der Waals surface area contributed by atoms with Crippen molar-refractivity contribution in [3.05, 3.63) is 34.3 Å². The first kappa shape index (κ1) is 15.0. The molecule has 2 rings (SSSR count). The van der Waals surface area contributed by atoms with E-state index < -0.39 is 0 Å². The number of hydrogen-bond donors (Lipinski definition) is 1. The van der Waals surface area contributed by atoms with Gasteiger partial charge in [0.15, 0.2) is 0 Å². The summed E-state index contributed by atoms with van der Waals surface area (Å²) < 4.78 is 1.14. The lowest BCUT2D eigenvalue weighted by molar-refractivity contribution is 0.0554. The Kier molecular flexibility index (Phi) is 5.04. The van der Waals surface area contributed by atoms with Crippen LogP contribution in [0, 0.1) is 5.92 Å². The second kappa shape index (κ2) is 6.38. The zero-order valence-corrected chi connectivity index (χ0v) is 13.6. The summed E-state index contributed by atoms with van der Waals surface area (Å²) in [7, 11) is 2.23. The fraction of sp³-hybridized carbons (Fsp3) is 0.625. The van der Waals surface area contributed by atoms with Gasteiger partial charge in [0.05, 0.1) is 0 Å². The molecule has 2 nitrogen and oxygen atoms in total. The van der Waals surface area contributed by atoms with Gasteiger partial charge in [-0.05, 0) is 43.5 Å². The molecular formula is C16H25BrN2. The first-order chi connectivity index (χ1) is 9.05. The molecule has 2 atom stereocenters. The molecule has 0 aromatic heterocycles. The Morgan fingerprint density at radius 3 is 2.63 bits per heavy atom. The van der Waals surface area contributed by atoms with Crippen molar-refractivity contribution in [1.29, 1.82) is 0 Å². The molecule has 1 aromatic rings. The maximum absolute atomic E-state index is 6.13. The molecule has 1 aromatic carbocycles. The van der Waals surface area contributed by atoms with Gasteiger partial charge in [0, 0.05) is 23.1 Å². The molecule has 0 heterocycles. The van der Waals surface area contributed by atoms with Gasteiger partial charge in [-0.1, -0.05) is 47.8 Å². The van der Waals surface area contributed by atoms with E-state index in [1.807, 2.05) is 0 Å². The molecule has 2 N–H and O–H groups in total. The van der Waals surface area contributed by atoms with Gasteiger partial charge in [0.1, 0.15) is 0 Å². The molecule has 106 valence electrons. The summed E-state index contributed by atoms with van der Waals surface area (Å²) in [5.74, 6) is 0.796. The molecule has 0 saturated heterocycles. The number of likely N-dealkylation sites (N-methyl/N-ethyl adjacent to an activating group) is 1. The Morgan fingerprint density at radius 1 is 1.37 bits per heavy atom. The van der Waals surface area contributed by atoms with Crippen LogP contribution in [0.5, 0.6) is 0 Å². The van der Waals surface area contributed by atoms with E-state index in [4.69, 9.17) is 5.73 Å². The van der Waals surface area contributed by atoms with Crippen LogP contribution in [0.25, 0.3) is 0 Å². The average Bonchev–Trinajstić information content (AvgIpc) is 2.41. The highest BCUT2D eigenvalue weighted by molar-refractivity contribution is 9.10. The predicted octanol–water partition coefficient (Wildman–Crippen LogP) is 3.79. The topological polar surface area (TPSA) is 29.3 Å². The van der Waals surface area contributed by atoms with Gasteiger partial charge in [-0.25, -0.2) is 0 Å². The smallest absolute Gasteiger partial charge is 0.0334 e. The quantitative estimate of drug-likeness (QED) is 0.913. The summed E-state index contributed by atoms with van der Waals surface area (Å²) in [5, 5.41) is 0. The second-order valence-electron chi connectivity index (χ2n) is 6.11. The van der Waals surface area contributed by atoms with E-state index >= 15 is 0 Å². The van der Waals surface area contributed by atoms with Crippen LogP contribution in [0.3, 0.4) is 0 Å². The van der Waals surface area contributed by atoms with Crippen LogP contribution in [0.2, 0.25) is 0 Å². The Bertz CT molecular complexity index is 404. The minimum atomic E-state index is 0.199. The largest absolute Gasteiger partial charge is 0.329 e. The van der Waals surface area contributed by atoms with Crippen LogP contribution < -0.4 is 5.73 Å². The summed E-state index contributed by atoms with van der Waals surface area (Å²) in [4.78, 5) is 2.48. The van der Waals surface area contributed by atoms with E-state index in [0.29, 0.717) is 0 Å². The molecule has 1 saturated carbocycles. The first-order valence-electron chi connectivity index (χ1n) is 7.21. The predicted molar refractivity (Wildman–Crippen MR) is 85.0 cm³/mol. The summed E-state index contributed by atoms with van der Waals surface area (Å²) >= 11 is 3.49. The lowest BCUT2D eigenvalue weighted by Gasteiger charge is -2.46. The van der Waals surface area contributed by atoms with Crippen LogP contribution in [-0.2, 0) is 6.54 Å². The lowest BCUT2D eigenvalue weighted by atomic mass is 9.75. The van der Waals surface area contributed by atoms with Crippen molar-refractivity contribution in [2.75, 3.05) is 13.6 Å². The number of hydrogen-bond acceptors (Lipinski definition) is 2. The summed E-state index contributed by atoms with van der Waals surface area (Å²) in [5.41, 5.74) is 7.69. The van der Waals surface area contributed by atoms with E-state index in [1.165, 1.54) is 31.2 Å². The van der Waals surface area contributed by atoms with Crippen LogP contribution in [0.4, 0.5) is 0 Å². The third kappa shape index (κ3) is 3.59. The van der Waals surface area contributed by atoms with Crippen molar-refractivity contribution < 1.29 is 0 Å².